The molecular formula is C25H22Cl2N4O4S2. The molecule has 2 aliphatic heterocycles. The summed E-state index contributed by atoms with van der Waals surface area (Å²) >= 11 is 12.8. The van der Waals surface area contributed by atoms with Crippen molar-refractivity contribution in [1.29, 1.82) is 0 Å². The SMILES string of the molecule is O=S(=O)(NS(=O)(=O)N1CC(N2CCc3ccccc32)C1c1ccc(Cl)c2c(Cl)c[nH]c12)c1ccccc1. The van der Waals surface area contributed by atoms with E-state index < -0.39 is 26.3 Å². The Morgan fingerprint density at radius 2 is 1.62 bits per heavy atom. The fourth-order valence-corrected chi connectivity index (χ4v) is 9.16. The first-order chi connectivity index (χ1) is 17.7. The highest BCUT2D eigenvalue weighted by atomic mass is 35.5. The van der Waals surface area contributed by atoms with E-state index in [1.807, 2.05) is 22.3 Å². The summed E-state index contributed by atoms with van der Waals surface area (Å²) in [5, 5.41) is 1.45. The maximum Gasteiger partial charge on any atom is 0.293 e. The zero-order chi connectivity index (χ0) is 25.9. The average Bonchev–Trinajstić information content (AvgIpc) is 3.45. The van der Waals surface area contributed by atoms with Gasteiger partial charge >= 0.3 is 0 Å². The number of hydrogen-bond donors (Lipinski definition) is 2. The van der Waals surface area contributed by atoms with Crippen molar-refractivity contribution in [3.8, 4) is 0 Å². The van der Waals surface area contributed by atoms with Gasteiger partial charge in [-0.25, -0.2) is 8.42 Å². The minimum absolute atomic E-state index is 0.108. The number of aromatic nitrogens is 1. The first kappa shape index (κ1) is 24.7. The number of benzene rings is 3. The Bertz CT molecular complexity index is 1730. The number of rotatable bonds is 6. The van der Waals surface area contributed by atoms with E-state index in [0.29, 0.717) is 26.5 Å². The fraction of sp³-hybridized carbons (Fsp3) is 0.200. The molecule has 0 amide bonds. The monoisotopic (exact) mass is 576 g/mol. The number of H-pyrrole nitrogens is 1. The van der Waals surface area contributed by atoms with Gasteiger partial charge in [-0.3, -0.25) is 0 Å². The van der Waals surface area contributed by atoms with Gasteiger partial charge in [0.15, 0.2) is 0 Å². The largest absolute Gasteiger partial charge is 0.365 e. The van der Waals surface area contributed by atoms with Gasteiger partial charge in [0.2, 0.25) is 0 Å². The first-order valence-electron chi connectivity index (χ1n) is 11.6. The first-order valence-corrected chi connectivity index (χ1v) is 15.3. The average molecular weight is 578 g/mol. The molecule has 37 heavy (non-hydrogen) atoms. The van der Waals surface area contributed by atoms with Crippen molar-refractivity contribution in [3.63, 3.8) is 0 Å². The third-order valence-corrected chi connectivity index (χ3v) is 11.2. The highest BCUT2D eigenvalue weighted by molar-refractivity contribution is 8.03. The molecule has 0 bridgehead atoms. The van der Waals surface area contributed by atoms with Crippen molar-refractivity contribution in [2.45, 2.75) is 23.4 Å². The molecule has 1 aromatic heterocycles. The Morgan fingerprint density at radius 1 is 0.892 bits per heavy atom. The molecule has 0 spiro atoms. The number of halogens is 2. The summed E-state index contributed by atoms with van der Waals surface area (Å²) in [6.45, 7) is 0.837. The zero-order valence-corrected chi connectivity index (χ0v) is 22.4. The van der Waals surface area contributed by atoms with E-state index in [1.54, 1.807) is 24.4 Å². The molecule has 2 unspecified atom stereocenters. The van der Waals surface area contributed by atoms with Crippen molar-refractivity contribution in [3.05, 3.63) is 94.1 Å². The molecule has 0 radical (unpaired) electrons. The minimum Gasteiger partial charge on any atom is -0.365 e. The fourth-order valence-electron chi connectivity index (χ4n) is 5.31. The number of aromatic amines is 1. The second-order valence-electron chi connectivity index (χ2n) is 9.08. The summed E-state index contributed by atoms with van der Waals surface area (Å²) in [7, 11) is -8.77. The molecule has 6 rings (SSSR count). The number of anilines is 1. The zero-order valence-electron chi connectivity index (χ0n) is 19.3. The Balaban J connectivity index is 1.43. The minimum atomic E-state index is -4.45. The highest BCUT2D eigenvalue weighted by Gasteiger charge is 2.52. The molecule has 4 aromatic rings. The van der Waals surface area contributed by atoms with Crippen LogP contribution in [0.2, 0.25) is 10.0 Å². The number of nitrogens with one attached hydrogen (secondary N) is 2. The molecule has 1 fully saturated rings. The lowest BCUT2D eigenvalue weighted by atomic mass is 9.89. The van der Waals surface area contributed by atoms with Gasteiger partial charge in [0, 0.05) is 30.4 Å². The van der Waals surface area contributed by atoms with Gasteiger partial charge in [0.25, 0.3) is 20.2 Å². The van der Waals surface area contributed by atoms with Crippen LogP contribution in [0, 0.1) is 0 Å². The summed E-state index contributed by atoms with van der Waals surface area (Å²) in [5.41, 5.74) is 3.52. The molecule has 0 saturated carbocycles. The van der Waals surface area contributed by atoms with Crippen molar-refractivity contribution in [1.82, 2.24) is 13.4 Å². The topological polar surface area (TPSA) is 103 Å². The molecule has 3 heterocycles. The third kappa shape index (κ3) is 4.12. The van der Waals surface area contributed by atoms with Gasteiger partial charge < -0.3 is 9.88 Å². The van der Waals surface area contributed by atoms with Crippen molar-refractivity contribution in [2.75, 3.05) is 18.0 Å². The molecule has 12 heteroatoms. The predicted molar refractivity (Wildman–Crippen MR) is 145 cm³/mol. The van der Waals surface area contributed by atoms with Crippen LogP contribution in [0.1, 0.15) is 17.2 Å². The van der Waals surface area contributed by atoms with Crippen LogP contribution in [0.4, 0.5) is 5.69 Å². The summed E-state index contributed by atoms with van der Waals surface area (Å²) in [4.78, 5) is 5.19. The number of fused-ring (bicyclic) bond motifs is 2. The van der Waals surface area contributed by atoms with Crippen molar-refractivity contribution < 1.29 is 16.8 Å². The number of hydrogen-bond acceptors (Lipinski definition) is 5. The van der Waals surface area contributed by atoms with Crippen LogP contribution in [-0.2, 0) is 26.7 Å². The second kappa shape index (κ2) is 9.00. The Kier molecular flexibility index (Phi) is 6.02. The standard InChI is InChI=1S/C25H22Cl2N4O4S2/c26-19-11-10-18(24-23(19)20(27)14-28-24)25-22(30-13-12-16-6-4-5-9-21(16)30)15-31(25)37(34,35)29-36(32,33)17-7-2-1-3-8-17/h1-11,14,22,25,28-29H,12-13,15H2. The van der Waals surface area contributed by atoms with Gasteiger partial charge in [-0.15, -0.1) is 0 Å². The van der Waals surface area contributed by atoms with E-state index in [1.165, 1.54) is 34.1 Å². The summed E-state index contributed by atoms with van der Waals surface area (Å²) < 4.78 is 56.1. The number of nitrogens with zero attached hydrogens (tertiary/aromatic N) is 2. The van der Waals surface area contributed by atoms with Gasteiger partial charge in [-0.2, -0.15) is 12.7 Å². The Hall–Kier alpha value is -2.60. The summed E-state index contributed by atoms with van der Waals surface area (Å²) in [6.07, 6.45) is 2.45. The smallest absolute Gasteiger partial charge is 0.293 e. The Morgan fingerprint density at radius 3 is 2.41 bits per heavy atom. The molecule has 3 aromatic carbocycles. The molecule has 2 aliphatic rings. The highest BCUT2D eigenvalue weighted by Crippen LogP contribution is 2.46. The lowest BCUT2D eigenvalue weighted by molar-refractivity contribution is 0.156. The van der Waals surface area contributed by atoms with Crippen LogP contribution < -0.4 is 9.03 Å². The molecule has 192 valence electrons. The van der Waals surface area contributed by atoms with E-state index in [-0.39, 0.29) is 17.5 Å². The van der Waals surface area contributed by atoms with Crippen LogP contribution in [-0.4, -0.2) is 45.3 Å². The van der Waals surface area contributed by atoms with E-state index in [4.69, 9.17) is 23.2 Å². The van der Waals surface area contributed by atoms with E-state index in [2.05, 4.69) is 16.0 Å². The molecule has 0 aliphatic carbocycles. The van der Waals surface area contributed by atoms with Gasteiger partial charge in [0.05, 0.1) is 32.5 Å². The molecule has 8 nitrogen and oxygen atoms in total. The molecule has 1 saturated heterocycles. The summed E-state index contributed by atoms with van der Waals surface area (Å²) in [6, 6.07) is 18.0. The van der Waals surface area contributed by atoms with Crippen LogP contribution in [0.5, 0.6) is 0 Å². The third-order valence-electron chi connectivity index (χ3n) is 7.03. The molecule has 2 N–H and O–H groups in total. The van der Waals surface area contributed by atoms with Crippen LogP contribution in [0.3, 0.4) is 0 Å². The van der Waals surface area contributed by atoms with Crippen molar-refractivity contribution in [2.24, 2.45) is 0 Å². The van der Waals surface area contributed by atoms with E-state index in [9.17, 15) is 16.8 Å². The molecular weight excluding hydrogens is 555 g/mol. The van der Waals surface area contributed by atoms with Crippen LogP contribution in [0.25, 0.3) is 10.9 Å². The maximum absolute atomic E-state index is 13.6. The van der Waals surface area contributed by atoms with E-state index in [0.717, 1.165) is 18.7 Å². The van der Waals surface area contributed by atoms with Gasteiger partial charge in [-0.05, 0) is 41.8 Å². The van der Waals surface area contributed by atoms with E-state index >= 15 is 0 Å². The van der Waals surface area contributed by atoms with Crippen LogP contribution in [0.15, 0.2) is 77.8 Å². The van der Waals surface area contributed by atoms with Gasteiger partial charge in [-0.1, -0.05) is 69.8 Å². The number of para-hydroxylation sites is 1. The normalized spacial score (nSPS) is 20.2. The van der Waals surface area contributed by atoms with Crippen molar-refractivity contribution >= 4 is 60.0 Å². The number of sulfonamides is 1. The second-order valence-corrected chi connectivity index (χ2v) is 13.5. The predicted octanol–water partition coefficient (Wildman–Crippen LogP) is 4.49. The lowest BCUT2D eigenvalue weighted by Crippen LogP contribution is -2.65. The van der Waals surface area contributed by atoms with Gasteiger partial charge in [0.1, 0.15) is 0 Å². The maximum atomic E-state index is 13.6. The van der Waals surface area contributed by atoms with Crippen LogP contribution >= 0.6 is 23.2 Å². The summed E-state index contributed by atoms with van der Waals surface area (Å²) in [5.74, 6) is 0. The quantitative estimate of drug-likeness (QED) is 0.352. The Labute approximate surface area is 225 Å². The lowest BCUT2D eigenvalue weighted by Gasteiger charge is -2.51. The molecule has 2 atom stereocenters.